The van der Waals surface area contributed by atoms with E-state index < -0.39 is 0 Å². The van der Waals surface area contributed by atoms with E-state index in [2.05, 4.69) is 10.2 Å². The Kier molecular flexibility index (Phi) is 7.63. The molecule has 1 amide bonds. The first-order chi connectivity index (χ1) is 9.72. The van der Waals surface area contributed by atoms with Crippen molar-refractivity contribution in [2.24, 2.45) is 5.73 Å². The molecule has 0 bridgehead atoms. The van der Waals surface area contributed by atoms with Gasteiger partial charge in [0.05, 0.1) is 0 Å². The molecule has 2 aliphatic rings. The first-order valence-corrected chi connectivity index (χ1v) is 7.56. The van der Waals surface area contributed by atoms with Gasteiger partial charge in [0, 0.05) is 37.6 Å². The molecule has 4 nitrogen and oxygen atoms in total. The van der Waals surface area contributed by atoms with Crippen LogP contribution in [-0.4, -0.2) is 36.0 Å². The van der Waals surface area contributed by atoms with Crippen LogP contribution >= 0.6 is 24.8 Å². The number of likely N-dealkylation sites (tertiary alicyclic amines) is 1. The fourth-order valence-corrected chi connectivity index (χ4v) is 2.98. The SMILES string of the molecule is Cl.Cl.NC(CC(=O)NC1CCN(C2CC2)C1)c1ccccc1. The van der Waals surface area contributed by atoms with Crippen LogP contribution in [0.15, 0.2) is 30.3 Å². The third kappa shape index (κ3) is 5.13. The van der Waals surface area contributed by atoms with E-state index in [9.17, 15) is 4.79 Å². The number of hydrogen-bond donors (Lipinski definition) is 2. The molecule has 3 N–H and O–H groups in total. The highest BCUT2D eigenvalue weighted by atomic mass is 35.5. The fourth-order valence-electron chi connectivity index (χ4n) is 2.98. The zero-order valence-corrected chi connectivity index (χ0v) is 14.2. The Morgan fingerprint density at radius 1 is 1.23 bits per heavy atom. The summed E-state index contributed by atoms with van der Waals surface area (Å²) in [7, 11) is 0. The predicted molar refractivity (Wildman–Crippen MR) is 93.6 cm³/mol. The average molecular weight is 346 g/mol. The molecule has 6 heteroatoms. The van der Waals surface area contributed by atoms with Gasteiger partial charge in [-0.3, -0.25) is 9.69 Å². The maximum Gasteiger partial charge on any atom is 0.222 e. The van der Waals surface area contributed by atoms with Crippen LogP contribution in [0.2, 0.25) is 0 Å². The van der Waals surface area contributed by atoms with Crippen LogP contribution in [-0.2, 0) is 4.79 Å². The summed E-state index contributed by atoms with van der Waals surface area (Å²) in [5.74, 6) is 0.0731. The molecular formula is C16H25Cl2N3O. The van der Waals surface area contributed by atoms with Gasteiger partial charge in [0.2, 0.25) is 5.91 Å². The van der Waals surface area contributed by atoms with E-state index in [1.54, 1.807) is 0 Å². The summed E-state index contributed by atoms with van der Waals surface area (Å²) in [6, 6.07) is 10.7. The molecule has 3 rings (SSSR count). The Bertz CT molecular complexity index is 468. The minimum absolute atomic E-state index is 0. The van der Waals surface area contributed by atoms with E-state index in [4.69, 9.17) is 5.73 Å². The molecule has 22 heavy (non-hydrogen) atoms. The summed E-state index contributed by atoms with van der Waals surface area (Å²) >= 11 is 0. The number of carbonyl (C=O) groups is 1. The van der Waals surface area contributed by atoms with Crippen LogP contribution in [0.5, 0.6) is 0 Å². The number of benzene rings is 1. The lowest BCUT2D eigenvalue weighted by Crippen LogP contribution is -2.38. The van der Waals surface area contributed by atoms with E-state index in [-0.39, 0.29) is 36.8 Å². The van der Waals surface area contributed by atoms with E-state index in [1.807, 2.05) is 30.3 Å². The van der Waals surface area contributed by atoms with Gasteiger partial charge in [-0.2, -0.15) is 0 Å². The van der Waals surface area contributed by atoms with Crippen molar-refractivity contribution in [1.82, 2.24) is 10.2 Å². The van der Waals surface area contributed by atoms with Gasteiger partial charge in [-0.15, -0.1) is 24.8 Å². The van der Waals surface area contributed by atoms with Crippen molar-refractivity contribution in [3.05, 3.63) is 35.9 Å². The molecule has 1 aliphatic heterocycles. The Hall–Kier alpha value is -0.810. The summed E-state index contributed by atoms with van der Waals surface area (Å²) in [6.07, 6.45) is 4.10. The summed E-state index contributed by atoms with van der Waals surface area (Å²) < 4.78 is 0. The molecule has 0 spiro atoms. The van der Waals surface area contributed by atoms with Gasteiger partial charge < -0.3 is 11.1 Å². The minimum atomic E-state index is -0.211. The van der Waals surface area contributed by atoms with Crippen molar-refractivity contribution in [2.45, 2.75) is 43.8 Å². The van der Waals surface area contributed by atoms with Gasteiger partial charge in [-0.1, -0.05) is 30.3 Å². The van der Waals surface area contributed by atoms with E-state index >= 15 is 0 Å². The fraction of sp³-hybridized carbons (Fsp3) is 0.562. The second-order valence-electron chi connectivity index (χ2n) is 6.00. The van der Waals surface area contributed by atoms with Crippen molar-refractivity contribution in [3.8, 4) is 0 Å². The summed E-state index contributed by atoms with van der Waals surface area (Å²) in [4.78, 5) is 14.6. The largest absolute Gasteiger partial charge is 0.352 e. The Labute approximate surface area is 144 Å². The number of nitrogens with one attached hydrogen (secondary N) is 1. The molecule has 2 atom stereocenters. The van der Waals surface area contributed by atoms with E-state index in [1.165, 1.54) is 12.8 Å². The second-order valence-corrected chi connectivity index (χ2v) is 6.00. The maximum atomic E-state index is 12.1. The Morgan fingerprint density at radius 2 is 1.91 bits per heavy atom. The van der Waals surface area contributed by atoms with Crippen molar-refractivity contribution in [3.63, 3.8) is 0 Å². The van der Waals surface area contributed by atoms with Crippen LogP contribution in [0.1, 0.15) is 37.3 Å². The Balaban J connectivity index is 0.00000121. The third-order valence-corrected chi connectivity index (χ3v) is 4.28. The van der Waals surface area contributed by atoms with Crippen molar-refractivity contribution in [2.75, 3.05) is 13.1 Å². The number of halogens is 2. The molecule has 2 fully saturated rings. The number of nitrogens with zero attached hydrogens (tertiary/aromatic N) is 1. The molecule has 0 aromatic heterocycles. The molecular weight excluding hydrogens is 321 g/mol. The lowest BCUT2D eigenvalue weighted by molar-refractivity contribution is -0.122. The number of rotatable bonds is 5. The van der Waals surface area contributed by atoms with E-state index in [0.29, 0.717) is 12.5 Å². The highest BCUT2D eigenvalue weighted by Gasteiger charge is 2.34. The minimum Gasteiger partial charge on any atom is -0.352 e. The summed E-state index contributed by atoms with van der Waals surface area (Å²) in [5, 5.41) is 3.13. The zero-order chi connectivity index (χ0) is 13.9. The standard InChI is InChI=1S/C16H23N3O.2ClH/c17-15(12-4-2-1-3-5-12)10-16(20)18-13-8-9-19(11-13)14-6-7-14;;/h1-5,13-15H,6-11,17H2,(H,18,20);2*1H. The Morgan fingerprint density at radius 3 is 2.55 bits per heavy atom. The second kappa shape index (κ2) is 8.73. The van der Waals surface area contributed by atoms with Crippen molar-refractivity contribution >= 4 is 30.7 Å². The molecule has 1 aromatic rings. The number of nitrogens with two attached hydrogens (primary N) is 1. The highest BCUT2D eigenvalue weighted by molar-refractivity contribution is 5.85. The topological polar surface area (TPSA) is 58.4 Å². The van der Waals surface area contributed by atoms with Crippen molar-refractivity contribution in [1.29, 1.82) is 0 Å². The van der Waals surface area contributed by atoms with Crippen LogP contribution in [0.4, 0.5) is 0 Å². The highest BCUT2D eigenvalue weighted by Crippen LogP contribution is 2.29. The maximum absolute atomic E-state index is 12.1. The molecule has 1 saturated heterocycles. The quantitative estimate of drug-likeness (QED) is 0.860. The van der Waals surface area contributed by atoms with Crippen LogP contribution in [0.25, 0.3) is 0 Å². The van der Waals surface area contributed by atoms with Gasteiger partial charge in [0.1, 0.15) is 0 Å². The lowest BCUT2D eigenvalue weighted by Gasteiger charge is -2.17. The molecule has 2 unspecified atom stereocenters. The normalized spacial score (nSPS) is 22.3. The summed E-state index contributed by atoms with van der Waals surface area (Å²) in [5.41, 5.74) is 7.11. The number of carbonyl (C=O) groups excluding carboxylic acids is 1. The lowest BCUT2D eigenvalue weighted by atomic mass is 10.0. The third-order valence-electron chi connectivity index (χ3n) is 4.28. The molecule has 1 aliphatic carbocycles. The average Bonchev–Trinajstić information content (AvgIpc) is 3.20. The van der Waals surface area contributed by atoms with Crippen LogP contribution < -0.4 is 11.1 Å². The van der Waals surface area contributed by atoms with E-state index in [0.717, 1.165) is 31.1 Å². The summed E-state index contributed by atoms with van der Waals surface area (Å²) in [6.45, 7) is 2.14. The van der Waals surface area contributed by atoms with Gasteiger partial charge in [0.25, 0.3) is 0 Å². The monoisotopic (exact) mass is 345 g/mol. The zero-order valence-electron chi connectivity index (χ0n) is 12.6. The molecule has 0 radical (unpaired) electrons. The smallest absolute Gasteiger partial charge is 0.222 e. The molecule has 1 heterocycles. The van der Waals surface area contributed by atoms with Crippen LogP contribution in [0, 0.1) is 0 Å². The number of hydrogen-bond acceptors (Lipinski definition) is 3. The van der Waals surface area contributed by atoms with Gasteiger partial charge in [0.15, 0.2) is 0 Å². The van der Waals surface area contributed by atoms with Gasteiger partial charge in [-0.05, 0) is 24.8 Å². The predicted octanol–water partition coefficient (Wildman–Crippen LogP) is 2.27. The van der Waals surface area contributed by atoms with Gasteiger partial charge >= 0.3 is 0 Å². The van der Waals surface area contributed by atoms with Crippen molar-refractivity contribution < 1.29 is 4.79 Å². The number of amides is 1. The van der Waals surface area contributed by atoms with Gasteiger partial charge in [-0.25, -0.2) is 0 Å². The first-order valence-electron chi connectivity index (χ1n) is 7.56. The molecule has 1 aromatic carbocycles. The first kappa shape index (κ1) is 19.2. The van der Waals surface area contributed by atoms with Crippen LogP contribution in [0.3, 0.4) is 0 Å². The molecule has 124 valence electrons. The molecule has 1 saturated carbocycles.